The van der Waals surface area contributed by atoms with Crippen LogP contribution in [0.15, 0.2) is 18.2 Å². The molecular weight excluding hydrogens is 271 g/mol. The monoisotopic (exact) mass is 286 g/mol. The lowest BCUT2D eigenvalue weighted by molar-refractivity contribution is 0.0888. The standard InChI is InChI=1S/C13H16Cl2N2O/c1-13(5-7-16-8-6-13)17-12(18)11-9(14)3-2-4-10(11)15/h2-4,16H,5-8H2,1H3,(H,17,18). The third-order valence-corrected chi connectivity index (χ3v) is 3.94. The van der Waals surface area contributed by atoms with E-state index in [0.717, 1.165) is 25.9 Å². The maximum atomic E-state index is 12.3. The predicted molar refractivity (Wildman–Crippen MR) is 74.4 cm³/mol. The molecule has 0 aromatic heterocycles. The van der Waals surface area contributed by atoms with Crippen molar-refractivity contribution < 1.29 is 4.79 Å². The van der Waals surface area contributed by atoms with Crippen LogP contribution >= 0.6 is 23.2 Å². The van der Waals surface area contributed by atoms with Gasteiger partial charge in [0.15, 0.2) is 0 Å². The van der Waals surface area contributed by atoms with Crippen molar-refractivity contribution in [2.75, 3.05) is 13.1 Å². The number of piperidine rings is 1. The fourth-order valence-corrected chi connectivity index (χ4v) is 2.72. The second kappa shape index (κ2) is 5.47. The Morgan fingerprint density at radius 1 is 1.28 bits per heavy atom. The van der Waals surface area contributed by atoms with Gasteiger partial charge in [0.1, 0.15) is 0 Å². The van der Waals surface area contributed by atoms with Gasteiger partial charge >= 0.3 is 0 Å². The summed E-state index contributed by atoms with van der Waals surface area (Å²) in [4.78, 5) is 12.3. The zero-order valence-electron chi connectivity index (χ0n) is 10.2. The second-order valence-corrected chi connectivity index (χ2v) is 5.68. The van der Waals surface area contributed by atoms with Crippen LogP contribution in [0.5, 0.6) is 0 Å². The number of amides is 1. The van der Waals surface area contributed by atoms with E-state index in [-0.39, 0.29) is 11.4 Å². The molecule has 1 aliphatic heterocycles. The molecular formula is C13H16Cl2N2O. The Hall–Kier alpha value is -0.770. The van der Waals surface area contributed by atoms with Crippen molar-refractivity contribution in [3.05, 3.63) is 33.8 Å². The van der Waals surface area contributed by atoms with E-state index in [1.54, 1.807) is 18.2 Å². The van der Waals surface area contributed by atoms with Crippen molar-refractivity contribution in [3.8, 4) is 0 Å². The lowest BCUT2D eigenvalue weighted by Gasteiger charge is -2.35. The van der Waals surface area contributed by atoms with Gasteiger partial charge in [0.2, 0.25) is 0 Å². The summed E-state index contributed by atoms with van der Waals surface area (Å²) in [7, 11) is 0. The molecule has 1 aromatic rings. The van der Waals surface area contributed by atoms with Crippen LogP contribution < -0.4 is 10.6 Å². The predicted octanol–water partition coefficient (Wildman–Crippen LogP) is 2.87. The van der Waals surface area contributed by atoms with Crippen molar-refractivity contribution in [2.45, 2.75) is 25.3 Å². The van der Waals surface area contributed by atoms with E-state index in [1.807, 2.05) is 0 Å². The van der Waals surface area contributed by atoms with Crippen LogP contribution in [-0.2, 0) is 0 Å². The smallest absolute Gasteiger partial charge is 0.254 e. The van der Waals surface area contributed by atoms with Gasteiger partial charge in [0.25, 0.3) is 5.91 Å². The van der Waals surface area contributed by atoms with Gasteiger partial charge in [-0.2, -0.15) is 0 Å². The van der Waals surface area contributed by atoms with E-state index in [4.69, 9.17) is 23.2 Å². The lowest BCUT2D eigenvalue weighted by atomic mass is 9.90. The Morgan fingerprint density at radius 3 is 2.39 bits per heavy atom. The van der Waals surface area contributed by atoms with Gasteiger partial charge in [-0.05, 0) is 45.0 Å². The van der Waals surface area contributed by atoms with Crippen molar-refractivity contribution in [1.29, 1.82) is 0 Å². The number of halogens is 2. The fraction of sp³-hybridized carbons (Fsp3) is 0.462. The van der Waals surface area contributed by atoms with Crippen LogP contribution in [0.25, 0.3) is 0 Å². The van der Waals surface area contributed by atoms with E-state index >= 15 is 0 Å². The second-order valence-electron chi connectivity index (χ2n) is 4.86. The summed E-state index contributed by atoms with van der Waals surface area (Å²) < 4.78 is 0. The van der Waals surface area contributed by atoms with Crippen molar-refractivity contribution >= 4 is 29.1 Å². The highest BCUT2D eigenvalue weighted by molar-refractivity contribution is 6.39. The highest BCUT2D eigenvalue weighted by Gasteiger charge is 2.29. The number of carbonyl (C=O) groups is 1. The topological polar surface area (TPSA) is 41.1 Å². The van der Waals surface area contributed by atoms with Gasteiger partial charge in [0.05, 0.1) is 15.6 Å². The molecule has 2 rings (SSSR count). The van der Waals surface area contributed by atoms with E-state index in [2.05, 4.69) is 17.6 Å². The van der Waals surface area contributed by atoms with Crippen LogP contribution in [0.1, 0.15) is 30.1 Å². The number of rotatable bonds is 2. The van der Waals surface area contributed by atoms with E-state index in [9.17, 15) is 4.79 Å². The molecule has 1 fully saturated rings. The minimum atomic E-state index is -0.199. The Bertz CT molecular complexity index is 436. The maximum Gasteiger partial charge on any atom is 0.254 e. The van der Waals surface area contributed by atoms with E-state index in [0.29, 0.717) is 15.6 Å². The van der Waals surface area contributed by atoms with Gasteiger partial charge in [-0.25, -0.2) is 0 Å². The van der Waals surface area contributed by atoms with Gasteiger partial charge in [-0.1, -0.05) is 29.3 Å². The number of benzene rings is 1. The molecule has 0 spiro atoms. The first-order chi connectivity index (χ1) is 8.52. The molecule has 0 saturated carbocycles. The number of nitrogens with one attached hydrogen (secondary N) is 2. The van der Waals surface area contributed by atoms with Crippen molar-refractivity contribution in [3.63, 3.8) is 0 Å². The highest BCUT2D eigenvalue weighted by atomic mass is 35.5. The summed E-state index contributed by atoms with van der Waals surface area (Å²) >= 11 is 12.1. The third kappa shape index (κ3) is 2.97. The summed E-state index contributed by atoms with van der Waals surface area (Å²) in [6.07, 6.45) is 1.81. The Labute approximate surface area is 117 Å². The molecule has 1 aliphatic rings. The zero-order valence-corrected chi connectivity index (χ0v) is 11.7. The minimum absolute atomic E-state index is 0.190. The van der Waals surface area contributed by atoms with E-state index < -0.39 is 0 Å². The molecule has 5 heteroatoms. The molecule has 1 aromatic carbocycles. The van der Waals surface area contributed by atoms with Gasteiger partial charge in [-0.3, -0.25) is 4.79 Å². The molecule has 3 nitrogen and oxygen atoms in total. The van der Waals surface area contributed by atoms with Crippen LogP contribution in [0.3, 0.4) is 0 Å². The molecule has 1 saturated heterocycles. The SMILES string of the molecule is CC1(NC(=O)c2c(Cl)cccc2Cl)CCNCC1. The normalized spacial score (nSPS) is 18.4. The van der Waals surface area contributed by atoms with Crippen LogP contribution in [0.4, 0.5) is 0 Å². The van der Waals surface area contributed by atoms with Crippen LogP contribution in [0, 0.1) is 0 Å². The average molecular weight is 287 g/mol. The zero-order chi connectivity index (χ0) is 13.2. The van der Waals surface area contributed by atoms with Crippen molar-refractivity contribution in [2.24, 2.45) is 0 Å². The minimum Gasteiger partial charge on any atom is -0.347 e. The maximum absolute atomic E-state index is 12.3. The molecule has 0 bridgehead atoms. The Morgan fingerprint density at radius 2 is 1.83 bits per heavy atom. The Balaban J connectivity index is 2.17. The lowest BCUT2D eigenvalue weighted by Crippen LogP contribution is -2.52. The molecule has 1 amide bonds. The molecule has 2 N–H and O–H groups in total. The first kappa shape index (κ1) is 13.7. The third-order valence-electron chi connectivity index (χ3n) is 3.31. The molecule has 0 atom stereocenters. The van der Waals surface area contributed by atoms with Crippen LogP contribution in [-0.4, -0.2) is 24.5 Å². The summed E-state index contributed by atoms with van der Waals surface area (Å²) in [5, 5.41) is 7.09. The van der Waals surface area contributed by atoms with E-state index in [1.165, 1.54) is 0 Å². The quantitative estimate of drug-likeness (QED) is 0.878. The number of hydrogen-bond donors (Lipinski definition) is 2. The molecule has 0 radical (unpaired) electrons. The molecule has 0 unspecified atom stereocenters. The summed E-state index contributed by atoms with van der Waals surface area (Å²) in [5.41, 5.74) is 0.172. The molecule has 0 aliphatic carbocycles. The van der Waals surface area contributed by atoms with Crippen molar-refractivity contribution in [1.82, 2.24) is 10.6 Å². The van der Waals surface area contributed by atoms with Gasteiger partial charge in [0, 0.05) is 5.54 Å². The highest BCUT2D eigenvalue weighted by Crippen LogP contribution is 2.26. The van der Waals surface area contributed by atoms with Gasteiger partial charge in [-0.15, -0.1) is 0 Å². The average Bonchev–Trinajstić information content (AvgIpc) is 2.28. The summed E-state index contributed by atoms with van der Waals surface area (Å²) in [6.45, 7) is 3.87. The van der Waals surface area contributed by atoms with Gasteiger partial charge < -0.3 is 10.6 Å². The first-order valence-corrected chi connectivity index (χ1v) is 6.75. The molecule has 18 heavy (non-hydrogen) atoms. The summed E-state index contributed by atoms with van der Waals surface area (Å²) in [6, 6.07) is 5.08. The fourth-order valence-electron chi connectivity index (χ4n) is 2.15. The number of hydrogen-bond acceptors (Lipinski definition) is 2. The summed E-state index contributed by atoms with van der Waals surface area (Å²) in [5.74, 6) is -0.199. The largest absolute Gasteiger partial charge is 0.347 e. The first-order valence-electron chi connectivity index (χ1n) is 5.99. The van der Waals surface area contributed by atoms with Crippen LogP contribution in [0.2, 0.25) is 10.0 Å². The molecule has 98 valence electrons. The number of carbonyl (C=O) groups excluding carboxylic acids is 1. The Kier molecular flexibility index (Phi) is 4.15. The molecule has 1 heterocycles.